The zero-order valence-electron chi connectivity index (χ0n) is 24.3. The van der Waals surface area contributed by atoms with Gasteiger partial charge < -0.3 is 27.5 Å². The molecule has 0 bridgehead atoms. The van der Waals surface area contributed by atoms with E-state index < -0.39 is 43.1 Å². The van der Waals surface area contributed by atoms with Crippen molar-refractivity contribution in [2.75, 3.05) is 19.8 Å². The summed E-state index contributed by atoms with van der Waals surface area (Å²) in [4.78, 5) is 38.2. The molecule has 0 aliphatic rings. The van der Waals surface area contributed by atoms with Gasteiger partial charge in [0.25, 0.3) is 0 Å². The lowest BCUT2D eigenvalue weighted by atomic mass is 9.94. The summed E-state index contributed by atoms with van der Waals surface area (Å²) in [6.45, 7) is 5.09. The van der Waals surface area contributed by atoms with E-state index in [4.69, 9.17) is 27.5 Å². The molecule has 0 aliphatic heterocycles. The van der Waals surface area contributed by atoms with Crippen LogP contribution in [0.3, 0.4) is 0 Å². The van der Waals surface area contributed by atoms with Crippen molar-refractivity contribution in [1.82, 2.24) is 0 Å². The van der Waals surface area contributed by atoms with E-state index in [9.17, 15) is 30.2 Å². The van der Waals surface area contributed by atoms with Crippen LogP contribution in [-0.2, 0) is 28.6 Å². The fourth-order valence-electron chi connectivity index (χ4n) is 3.51. The van der Waals surface area contributed by atoms with Crippen LogP contribution < -0.4 is 0 Å². The summed E-state index contributed by atoms with van der Waals surface area (Å²) in [5, 5.41) is 28.4. The van der Waals surface area contributed by atoms with Crippen molar-refractivity contribution in [3.05, 3.63) is 87.7 Å². The minimum Gasteiger partial charge on any atom is -0.462 e. The Kier molecular flexibility index (Phi) is 10.9. The van der Waals surface area contributed by atoms with Crippen LogP contribution in [0.2, 0.25) is 0 Å². The molecular formula is C32H27N3O9. The van der Waals surface area contributed by atoms with Gasteiger partial charge in [0.15, 0.2) is 0 Å². The van der Waals surface area contributed by atoms with Crippen LogP contribution in [0.4, 0.5) is 0 Å². The highest BCUT2D eigenvalue weighted by molar-refractivity contribution is 5.98. The van der Waals surface area contributed by atoms with Gasteiger partial charge in [-0.3, -0.25) is 0 Å². The fraction of sp³-hybridized carbons (Fsp3) is 0.250. The highest BCUT2D eigenvalue weighted by Gasteiger charge is 2.32. The molecule has 0 spiro atoms. The molecule has 0 saturated carbocycles. The number of furan rings is 3. The van der Waals surface area contributed by atoms with Crippen LogP contribution in [0.5, 0.6) is 0 Å². The van der Waals surface area contributed by atoms with Crippen molar-refractivity contribution >= 4 is 36.1 Å². The maximum atomic E-state index is 12.7. The summed E-state index contributed by atoms with van der Waals surface area (Å²) in [7, 11) is 0. The molecule has 0 N–H and O–H groups in total. The molecule has 0 radical (unpaired) electrons. The molecule has 12 heteroatoms. The molecule has 0 amide bonds. The summed E-state index contributed by atoms with van der Waals surface area (Å²) in [6, 6.07) is 14.9. The van der Waals surface area contributed by atoms with Crippen molar-refractivity contribution in [3.8, 4) is 18.2 Å². The quantitative estimate of drug-likeness (QED) is 0.116. The van der Waals surface area contributed by atoms with E-state index in [1.54, 1.807) is 75.4 Å². The standard InChI is InChI=1S/C32H27N3O9/c1-20-5-8-26(42-20)11-23(14-33)29(36)39-17-32(4,18-40-30(37)24(15-34)12-27-9-6-21(2)43-27)19-41-31(38)25(16-35)13-28-10-7-22(3)44-28/h5-13H,17-19H2,1-4H3/b23-11+,24-12+,25-13+. The number of hydrogen-bond acceptors (Lipinski definition) is 12. The third-order valence-corrected chi connectivity index (χ3v) is 5.82. The van der Waals surface area contributed by atoms with E-state index in [1.165, 1.54) is 25.2 Å². The largest absolute Gasteiger partial charge is 0.462 e. The monoisotopic (exact) mass is 597 g/mol. The highest BCUT2D eigenvalue weighted by atomic mass is 16.6. The molecule has 0 unspecified atom stereocenters. The topological polar surface area (TPSA) is 190 Å². The van der Waals surface area contributed by atoms with Gasteiger partial charge in [0, 0.05) is 18.2 Å². The first-order valence-electron chi connectivity index (χ1n) is 13.0. The van der Waals surface area contributed by atoms with Crippen molar-refractivity contribution in [2.45, 2.75) is 27.7 Å². The number of rotatable bonds is 12. The Morgan fingerprint density at radius 3 is 1.09 bits per heavy atom. The van der Waals surface area contributed by atoms with Gasteiger partial charge in [-0.2, -0.15) is 15.8 Å². The van der Waals surface area contributed by atoms with Gasteiger partial charge in [-0.1, -0.05) is 0 Å². The number of carbonyl (C=O) groups is 3. The van der Waals surface area contributed by atoms with Crippen LogP contribution >= 0.6 is 0 Å². The maximum absolute atomic E-state index is 12.7. The van der Waals surface area contributed by atoms with Crippen LogP contribution in [0.1, 0.15) is 41.5 Å². The van der Waals surface area contributed by atoms with Gasteiger partial charge in [0.05, 0.1) is 5.41 Å². The van der Waals surface area contributed by atoms with Crippen molar-refractivity contribution in [2.24, 2.45) is 5.41 Å². The van der Waals surface area contributed by atoms with Gasteiger partial charge in [0.2, 0.25) is 0 Å². The molecule has 0 atom stereocenters. The molecule has 3 heterocycles. The summed E-state index contributed by atoms with van der Waals surface area (Å²) < 4.78 is 32.1. The number of ether oxygens (including phenoxy) is 3. The molecule has 3 aromatic heterocycles. The first-order chi connectivity index (χ1) is 20.9. The number of nitriles is 3. The Hall–Kier alpha value is -6.06. The summed E-state index contributed by atoms with van der Waals surface area (Å²) in [6.07, 6.45) is 3.61. The van der Waals surface area contributed by atoms with Gasteiger partial charge in [-0.05, 0) is 64.1 Å². The van der Waals surface area contributed by atoms with E-state index in [1.807, 2.05) is 0 Å². The Morgan fingerprint density at radius 1 is 0.614 bits per heavy atom. The number of aryl methyl sites for hydroxylation is 3. The predicted molar refractivity (Wildman–Crippen MR) is 152 cm³/mol. The molecule has 0 aromatic carbocycles. The molecule has 0 fully saturated rings. The lowest BCUT2D eigenvalue weighted by molar-refractivity contribution is -0.155. The van der Waals surface area contributed by atoms with Crippen molar-refractivity contribution < 1.29 is 41.8 Å². The normalized spacial score (nSPS) is 12.1. The average Bonchev–Trinajstić information content (AvgIpc) is 3.74. The number of esters is 3. The Balaban J connectivity index is 1.78. The van der Waals surface area contributed by atoms with E-state index in [2.05, 4.69) is 0 Å². The lowest BCUT2D eigenvalue weighted by Gasteiger charge is -2.27. The second kappa shape index (κ2) is 14.7. The van der Waals surface area contributed by atoms with Crippen LogP contribution in [0.15, 0.2) is 66.4 Å². The Labute approximate surface area is 252 Å². The molecule has 0 saturated heterocycles. The van der Waals surface area contributed by atoms with E-state index >= 15 is 0 Å². The summed E-state index contributed by atoms with van der Waals surface area (Å²) >= 11 is 0. The van der Waals surface area contributed by atoms with Crippen LogP contribution in [0.25, 0.3) is 18.2 Å². The number of nitrogens with zero attached hydrogens (tertiary/aromatic N) is 3. The van der Waals surface area contributed by atoms with Crippen LogP contribution in [-0.4, -0.2) is 37.7 Å². The number of carbonyl (C=O) groups excluding carboxylic acids is 3. The van der Waals surface area contributed by atoms with Gasteiger partial charge in [0.1, 0.15) is 89.3 Å². The first kappa shape index (κ1) is 32.5. The Morgan fingerprint density at radius 2 is 0.886 bits per heavy atom. The zero-order valence-corrected chi connectivity index (χ0v) is 24.3. The average molecular weight is 598 g/mol. The fourth-order valence-corrected chi connectivity index (χ4v) is 3.51. The van der Waals surface area contributed by atoms with Gasteiger partial charge >= 0.3 is 17.9 Å². The summed E-state index contributed by atoms with van der Waals surface area (Å²) in [5.41, 5.74) is -2.50. The first-order valence-corrected chi connectivity index (χ1v) is 13.0. The van der Waals surface area contributed by atoms with E-state index in [0.717, 1.165) is 0 Å². The zero-order chi connectivity index (χ0) is 32.3. The molecule has 12 nitrogen and oxygen atoms in total. The minimum atomic E-state index is -1.38. The molecular weight excluding hydrogens is 570 g/mol. The molecule has 224 valence electrons. The smallest absolute Gasteiger partial charge is 0.349 e. The third kappa shape index (κ3) is 9.23. The Bertz CT molecular complexity index is 1560. The van der Waals surface area contributed by atoms with E-state index in [0.29, 0.717) is 17.3 Å². The highest BCUT2D eigenvalue weighted by Crippen LogP contribution is 2.22. The van der Waals surface area contributed by atoms with Gasteiger partial charge in [-0.25, -0.2) is 14.4 Å². The maximum Gasteiger partial charge on any atom is 0.349 e. The van der Waals surface area contributed by atoms with Gasteiger partial charge in [-0.15, -0.1) is 0 Å². The van der Waals surface area contributed by atoms with Crippen LogP contribution in [0, 0.1) is 60.2 Å². The SMILES string of the molecule is Cc1ccc(/C=C(\C#N)C(=O)OCC(C)(COC(=O)/C(C#N)=C/c2ccc(C)o2)COC(=O)/C(C#N)=C/c2ccc(C)o2)o1. The second-order valence-electron chi connectivity index (χ2n) is 9.89. The lowest BCUT2D eigenvalue weighted by Crippen LogP contribution is -2.37. The molecule has 3 rings (SSSR count). The minimum absolute atomic E-state index is 0.256. The van der Waals surface area contributed by atoms with Crippen molar-refractivity contribution in [1.29, 1.82) is 15.8 Å². The molecule has 0 aliphatic carbocycles. The summed E-state index contributed by atoms with van der Waals surface area (Å²) in [5.74, 6) is -0.562. The second-order valence-corrected chi connectivity index (χ2v) is 9.89. The number of hydrogen-bond donors (Lipinski definition) is 0. The predicted octanol–water partition coefficient (Wildman–Crippen LogP) is 5.15. The molecule has 44 heavy (non-hydrogen) atoms. The molecule has 3 aromatic rings. The van der Waals surface area contributed by atoms with E-state index in [-0.39, 0.29) is 34.0 Å². The van der Waals surface area contributed by atoms with Crippen molar-refractivity contribution in [3.63, 3.8) is 0 Å². The third-order valence-electron chi connectivity index (χ3n) is 5.82.